The minimum absolute atomic E-state index is 0.420. The van der Waals surface area contributed by atoms with Crippen LogP contribution in [-0.4, -0.2) is 19.8 Å². The van der Waals surface area contributed by atoms with Crippen LogP contribution in [0.3, 0.4) is 0 Å². The molecular formula is C14H29NO. The van der Waals surface area contributed by atoms with Gasteiger partial charge in [-0.25, -0.2) is 0 Å². The van der Waals surface area contributed by atoms with E-state index in [0.29, 0.717) is 5.41 Å². The van der Waals surface area contributed by atoms with Gasteiger partial charge in [-0.3, -0.25) is 0 Å². The molecule has 96 valence electrons. The number of hydrogen-bond donors (Lipinski definition) is 1. The predicted octanol–water partition coefficient (Wildman–Crippen LogP) is 3.49. The van der Waals surface area contributed by atoms with Crippen molar-refractivity contribution in [2.24, 2.45) is 11.1 Å². The minimum Gasteiger partial charge on any atom is -0.381 e. The first kappa shape index (κ1) is 14.0. The molecular weight excluding hydrogens is 198 g/mol. The summed E-state index contributed by atoms with van der Waals surface area (Å²) in [6, 6.07) is 0. The maximum atomic E-state index is 5.95. The molecule has 1 aliphatic heterocycles. The Hall–Kier alpha value is -0.0800. The van der Waals surface area contributed by atoms with Gasteiger partial charge in [0.15, 0.2) is 0 Å². The highest BCUT2D eigenvalue weighted by molar-refractivity contribution is 4.82. The molecule has 2 N–H and O–H groups in total. The quantitative estimate of drug-likeness (QED) is 0.644. The fourth-order valence-corrected chi connectivity index (χ4v) is 2.64. The zero-order valence-corrected chi connectivity index (χ0v) is 11.0. The molecule has 2 nitrogen and oxygen atoms in total. The van der Waals surface area contributed by atoms with Crippen LogP contribution in [0.2, 0.25) is 0 Å². The van der Waals surface area contributed by atoms with E-state index in [2.05, 4.69) is 6.92 Å². The Kier molecular flexibility index (Phi) is 7.06. The fourth-order valence-electron chi connectivity index (χ4n) is 2.64. The molecule has 1 aliphatic rings. The molecule has 0 aromatic carbocycles. The first-order valence-corrected chi connectivity index (χ1v) is 7.11. The van der Waals surface area contributed by atoms with Gasteiger partial charge in [-0.1, -0.05) is 45.4 Å². The van der Waals surface area contributed by atoms with E-state index >= 15 is 0 Å². The van der Waals surface area contributed by atoms with Gasteiger partial charge in [-0.15, -0.1) is 0 Å². The summed E-state index contributed by atoms with van der Waals surface area (Å²) in [7, 11) is 0. The summed E-state index contributed by atoms with van der Waals surface area (Å²) in [5.41, 5.74) is 6.36. The van der Waals surface area contributed by atoms with Crippen molar-refractivity contribution < 1.29 is 4.74 Å². The third-order valence-electron chi connectivity index (χ3n) is 4.05. The van der Waals surface area contributed by atoms with Crippen LogP contribution in [0.25, 0.3) is 0 Å². The summed E-state index contributed by atoms with van der Waals surface area (Å²) in [4.78, 5) is 0. The van der Waals surface area contributed by atoms with Crippen molar-refractivity contribution in [3.05, 3.63) is 0 Å². The molecule has 1 rings (SSSR count). The van der Waals surface area contributed by atoms with E-state index in [-0.39, 0.29) is 0 Å². The van der Waals surface area contributed by atoms with Crippen molar-refractivity contribution in [1.29, 1.82) is 0 Å². The van der Waals surface area contributed by atoms with E-state index in [4.69, 9.17) is 10.5 Å². The van der Waals surface area contributed by atoms with E-state index in [0.717, 1.165) is 19.8 Å². The van der Waals surface area contributed by atoms with Crippen LogP contribution >= 0.6 is 0 Å². The van der Waals surface area contributed by atoms with Crippen LogP contribution in [0.5, 0.6) is 0 Å². The molecule has 0 aromatic rings. The summed E-state index contributed by atoms with van der Waals surface area (Å²) in [5, 5.41) is 0. The van der Waals surface area contributed by atoms with Crippen molar-refractivity contribution >= 4 is 0 Å². The van der Waals surface area contributed by atoms with Gasteiger partial charge in [0, 0.05) is 13.2 Å². The number of hydrogen-bond acceptors (Lipinski definition) is 2. The number of rotatable bonds is 8. The van der Waals surface area contributed by atoms with E-state index in [1.54, 1.807) is 0 Å². The SMILES string of the molecule is CCCCCCCCC1(CN)CCOCC1. The van der Waals surface area contributed by atoms with Gasteiger partial charge in [0.1, 0.15) is 0 Å². The van der Waals surface area contributed by atoms with Crippen molar-refractivity contribution in [2.75, 3.05) is 19.8 Å². The van der Waals surface area contributed by atoms with Gasteiger partial charge in [-0.2, -0.15) is 0 Å². The summed E-state index contributed by atoms with van der Waals surface area (Å²) in [6.45, 7) is 4.97. The third kappa shape index (κ3) is 4.84. The largest absolute Gasteiger partial charge is 0.381 e. The molecule has 0 spiro atoms. The van der Waals surface area contributed by atoms with Crippen molar-refractivity contribution in [3.8, 4) is 0 Å². The maximum absolute atomic E-state index is 5.95. The van der Waals surface area contributed by atoms with Gasteiger partial charge < -0.3 is 10.5 Å². The monoisotopic (exact) mass is 227 g/mol. The van der Waals surface area contributed by atoms with Crippen LogP contribution in [-0.2, 0) is 4.74 Å². The molecule has 1 fully saturated rings. The normalized spacial score (nSPS) is 19.9. The molecule has 0 radical (unpaired) electrons. The second-order valence-corrected chi connectivity index (χ2v) is 5.33. The Morgan fingerprint density at radius 3 is 2.25 bits per heavy atom. The van der Waals surface area contributed by atoms with Crippen LogP contribution < -0.4 is 5.73 Å². The van der Waals surface area contributed by atoms with E-state index < -0.39 is 0 Å². The standard InChI is InChI=1S/C14H29NO/c1-2-3-4-5-6-7-8-14(13-15)9-11-16-12-10-14/h2-13,15H2,1H3. The Labute approximate surface area is 101 Å². The number of unbranched alkanes of at least 4 members (excludes halogenated alkanes) is 5. The smallest absolute Gasteiger partial charge is 0.0471 e. The van der Waals surface area contributed by atoms with Gasteiger partial charge in [0.25, 0.3) is 0 Å². The second kappa shape index (κ2) is 8.08. The zero-order valence-electron chi connectivity index (χ0n) is 11.0. The molecule has 0 aromatic heterocycles. The molecule has 1 saturated heterocycles. The maximum Gasteiger partial charge on any atom is 0.0471 e. The summed E-state index contributed by atoms with van der Waals surface area (Å²) in [6.07, 6.45) is 12.0. The van der Waals surface area contributed by atoms with E-state index in [1.807, 2.05) is 0 Å². The summed E-state index contributed by atoms with van der Waals surface area (Å²) < 4.78 is 5.43. The van der Waals surface area contributed by atoms with Crippen LogP contribution in [0.4, 0.5) is 0 Å². The summed E-state index contributed by atoms with van der Waals surface area (Å²) >= 11 is 0. The molecule has 16 heavy (non-hydrogen) atoms. The highest BCUT2D eigenvalue weighted by Gasteiger charge is 2.30. The fraction of sp³-hybridized carbons (Fsp3) is 1.00. The second-order valence-electron chi connectivity index (χ2n) is 5.33. The van der Waals surface area contributed by atoms with Crippen LogP contribution in [0.15, 0.2) is 0 Å². The molecule has 0 unspecified atom stereocenters. The van der Waals surface area contributed by atoms with Gasteiger partial charge in [0.2, 0.25) is 0 Å². The minimum atomic E-state index is 0.420. The molecule has 2 heteroatoms. The highest BCUT2D eigenvalue weighted by Crippen LogP contribution is 2.34. The van der Waals surface area contributed by atoms with Crippen molar-refractivity contribution in [2.45, 2.75) is 64.7 Å². The lowest BCUT2D eigenvalue weighted by atomic mass is 9.76. The lowest BCUT2D eigenvalue weighted by Gasteiger charge is -2.36. The molecule has 0 bridgehead atoms. The zero-order chi connectivity index (χ0) is 11.7. The Balaban J connectivity index is 2.08. The van der Waals surface area contributed by atoms with E-state index in [1.165, 1.54) is 57.8 Å². The average molecular weight is 227 g/mol. The Morgan fingerprint density at radius 2 is 1.62 bits per heavy atom. The van der Waals surface area contributed by atoms with Crippen LogP contribution in [0.1, 0.15) is 64.7 Å². The van der Waals surface area contributed by atoms with Gasteiger partial charge >= 0.3 is 0 Å². The van der Waals surface area contributed by atoms with Gasteiger partial charge in [0.05, 0.1) is 0 Å². The van der Waals surface area contributed by atoms with Crippen molar-refractivity contribution in [3.63, 3.8) is 0 Å². The van der Waals surface area contributed by atoms with Gasteiger partial charge in [-0.05, 0) is 31.2 Å². The molecule has 1 heterocycles. The van der Waals surface area contributed by atoms with E-state index in [9.17, 15) is 0 Å². The first-order chi connectivity index (χ1) is 7.83. The Morgan fingerprint density at radius 1 is 1.00 bits per heavy atom. The predicted molar refractivity (Wildman–Crippen MR) is 69.5 cm³/mol. The highest BCUT2D eigenvalue weighted by atomic mass is 16.5. The lowest BCUT2D eigenvalue weighted by molar-refractivity contribution is 0.0134. The number of nitrogens with two attached hydrogens (primary N) is 1. The number of ether oxygens (including phenoxy) is 1. The molecule has 0 amide bonds. The topological polar surface area (TPSA) is 35.2 Å². The molecule has 0 saturated carbocycles. The summed E-state index contributed by atoms with van der Waals surface area (Å²) in [5.74, 6) is 0. The van der Waals surface area contributed by atoms with Crippen LogP contribution in [0, 0.1) is 5.41 Å². The Bertz CT molecular complexity index is 164. The third-order valence-corrected chi connectivity index (χ3v) is 4.05. The van der Waals surface area contributed by atoms with Crippen molar-refractivity contribution in [1.82, 2.24) is 0 Å². The lowest BCUT2D eigenvalue weighted by Crippen LogP contribution is -2.36. The average Bonchev–Trinajstić information content (AvgIpc) is 2.35. The molecule has 0 aliphatic carbocycles. The molecule has 0 atom stereocenters. The first-order valence-electron chi connectivity index (χ1n) is 7.11.